The zero-order chi connectivity index (χ0) is 29.6. The van der Waals surface area contributed by atoms with Gasteiger partial charge in [0.25, 0.3) is 0 Å². The largest absolute Gasteiger partial charge is 0.494 e. The third-order valence-electron chi connectivity index (χ3n) is 8.09. The second-order valence-corrected chi connectivity index (χ2v) is 10.3. The summed E-state index contributed by atoms with van der Waals surface area (Å²) in [6.45, 7) is 5.91. The van der Waals surface area contributed by atoms with Gasteiger partial charge in [0.2, 0.25) is 5.60 Å². The molecular weight excluding hydrogens is 540 g/mol. The van der Waals surface area contributed by atoms with Crippen LogP contribution in [0.2, 0.25) is 0 Å². The van der Waals surface area contributed by atoms with E-state index in [9.17, 15) is 4.79 Å². The zero-order valence-corrected chi connectivity index (χ0v) is 24.2. The van der Waals surface area contributed by atoms with Gasteiger partial charge in [0.15, 0.2) is 5.69 Å². The number of carbonyl (C=O) groups is 1. The molecule has 0 fully saturated rings. The Morgan fingerprint density at radius 1 is 0.767 bits per heavy atom. The number of nitrogens with zero attached hydrogens (tertiary/aromatic N) is 4. The zero-order valence-electron chi connectivity index (χ0n) is 24.2. The predicted octanol–water partition coefficient (Wildman–Crippen LogP) is 7.37. The Labute approximate surface area is 250 Å². The van der Waals surface area contributed by atoms with E-state index in [1.807, 2.05) is 91.0 Å². The number of fused-ring (bicyclic) bond motifs is 6. The Bertz CT molecular complexity index is 1790. The van der Waals surface area contributed by atoms with E-state index < -0.39 is 11.6 Å². The van der Waals surface area contributed by atoms with Crippen LogP contribution in [-0.2, 0) is 10.3 Å². The van der Waals surface area contributed by atoms with Gasteiger partial charge in [0.05, 0.1) is 18.4 Å². The van der Waals surface area contributed by atoms with Gasteiger partial charge in [-0.1, -0.05) is 36.4 Å². The molecule has 0 saturated heterocycles. The summed E-state index contributed by atoms with van der Waals surface area (Å²) in [4.78, 5) is 26.8. The first kappa shape index (κ1) is 26.5. The topological polar surface area (TPSA) is 77.0 Å². The van der Waals surface area contributed by atoms with Gasteiger partial charge in [0.1, 0.15) is 22.9 Å². The first-order valence-electron chi connectivity index (χ1n) is 14.3. The number of hydrogen-bond acceptors (Lipinski definition) is 8. The first-order chi connectivity index (χ1) is 21.1. The van der Waals surface area contributed by atoms with Crippen molar-refractivity contribution in [1.82, 2.24) is 9.97 Å². The van der Waals surface area contributed by atoms with Crippen LogP contribution in [0.1, 0.15) is 41.2 Å². The van der Waals surface area contributed by atoms with Crippen molar-refractivity contribution in [3.63, 3.8) is 0 Å². The van der Waals surface area contributed by atoms with Crippen LogP contribution in [0.25, 0.3) is 0 Å². The van der Waals surface area contributed by atoms with Crippen LogP contribution in [0.4, 0.5) is 22.7 Å². The lowest BCUT2D eigenvalue weighted by Crippen LogP contribution is -2.34. The maximum Gasteiger partial charge on any atom is 0.360 e. The monoisotopic (exact) mass is 570 g/mol. The number of methoxy groups -OCH3 is 1. The summed E-state index contributed by atoms with van der Waals surface area (Å²) >= 11 is 0. The molecule has 1 aromatic heterocycles. The summed E-state index contributed by atoms with van der Waals surface area (Å²) in [5, 5.41) is 0. The van der Waals surface area contributed by atoms with Crippen LogP contribution in [0.5, 0.6) is 17.2 Å². The minimum Gasteiger partial charge on any atom is -0.494 e. The number of hydrogen-bond donors (Lipinski definition) is 0. The Hall–Kier alpha value is -5.37. The number of para-hydroxylation sites is 2. The van der Waals surface area contributed by atoms with E-state index in [-0.39, 0.29) is 5.69 Å². The molecule has 214 valence electrons. The van der Waals surface area contributed by atoms with Gasteiger partial charge in [-0.25, -0.2) is 9.78 Å². The molecule has 2 aliphatic heterocycles. The molecule has 1 unspecified atom stereocenters. The highest BCUT2D eigenvalue weighted by atomic mass is 16.6. The molecule has 7 rings (SSSR count). The summed E-state index contributed by atoms with van der Waals surface area (Å²) in [6, 6.07) is 30.0. The summed E-state index contributed by atoms with van der Waals surface area (Å²) in [6.07, 6.45) is 3.10. The van der Waals surface area contributed by atoms with Crippen molar-refractivity contribution in [3.05, 3.63) is 126 Å². The number of benzene rings is 4. The lowest BCUT2D eigenvalue weighted by atomic mass is 9.80. The SMILES string of the molecule is CCN(CC)c1ccc2c(c1)Oc1cc(OC)c(N(c3ccccc3)c3ccccc3)cc1C21OC(=O)c2nccnc21. The molecule has 0 bridgehead atoms. The maximum absolute atomic E-state index is 13.4. The molecule has 4 aromatic carbocycles. The van der Waals surface area contributed by atoms with E-state index in [1.54, 1.807) is 13.3 Å². The average molecular weight is 571 g/mol. The smallest absolute Gasteiger partial charge is 0.360 e. The molecule has 8 heteroatoms. The van der Waals surface area contributed by atoms with Crippen molar-refractivity contribution < 1.29 is 19.0 Å². The molecule has 0 amide bonds. The lowest BCUT2D eigenvalue weighted by molar-refractivity contribution is 0.0213. The molecule has 1 spiro atoms. The van der Waals surface area contributed by atoms with E-state index in [1.165, 1.54) is 6.20 Å². The van der Waals surface area contributed by atoms with Crippen molar-refractivity contribution in [2.24, 2.45) is 0 Å². The molecule has 0 aliphatic carbocycles. The number of ether oxygens (including phenoxy) is 3. The van der Waals surface area contributed by atoms with Crippen LogP contribution in [0.15, 0.2) is 103 Å². The van der Waals surface area contributed by atoms with Gasteiger partial charge < -0.3 is 24.0 Å². The second kappa shape index (κ2) is 10.5. The molecule has 0 saturated carbocycles. The van der Waals surface area contributed by atoms with E-state index in [4.69, 9.17) is 14.2 Å². The molecule has 3 heterocycles. The number of esters is 1. The van der Waals surface area contributed by atoms with Crippen LogP contribution < -0.4 is 19.3 Å². The van der Waals surface area contributed by atoms with Gasteiger partial charge in [-0.3, -0.25) is 4.98 Å². The Balaban J connectivity index is 1.52. The quantitative estimate of drug-likeness (QED) is 0.188. The van der Waals surface area contributed by atoms with Crippen molar-refractivity contribution in [3.8, 4) is 17.2 Å². The normalized spacial score (nSPS) is 16.0. The number of carbonyl (C=O) groups excluding carboxylic acids is 1. The lowest BCUT2D eigenvalue weighted by Gasteiger charge is -2.37. The van der Waals surface area contributed by atoms with Gasteiger partial charge in [-0.15, -0.1) is 0 Å². The number of anilines is 4. The van der Waals surface area contributed by atoms with E-state index in [2.05, 4.69) is 33.6 Å². The second-order valence-electron chi connectivity index (χ2n) is 10.3. The van der Waals surface area contributed by atoms with Crippen molar-refractivity contribution in [1.29, 1.82) is 0 Å². The summed E-state index contributed by atoms with van der Waals surface area (Å²) in [5.74, 6) is 1.15. The number of rotatable bonds is 7. The van der Waals surface area contributed by atoms with E-state index in [0.717, 1.165) is 35.8 Å². The molecule has 0 radical (unpaired) electrons. The third-order valence-corrected chi connectivity index (χ3v) is 8.09. The Morgan fingerprint density at radius 3 is 2.07 bits per heavy atom. The van der Waals surface area contributed by atoms with Gasteiger partial charge >= 0.3 is 5.97 Å². The van der Waals surface area contributed by atoms with Crippen LogP contribution >= 0.6 is 0 Å². The van der Waals surface area contributed by atoms with Crippen LogP contribution in [-0.4, -0.2) is 36.1 Å². The third kappa shape index (κ3) is 4.09. The highest BCUT2D eigenvalue weighted by Crippen LogP contribution is 2.58. The highest BCUT2D eigenvalue weighted by molar-refractivity contribution is 5.95. The highest BCUT2D eigenvalue weighted by Gasteiger charge is 2.56. The molecular formula is C35H30N4O4. The molecule has 8 nitrogen and oxygen atoms in total. The maximum atomic E-state index is 13.4. The number of aromatic nitrogens is 2. The van der Waals surface area contributed by atoms with E-state index in [0.29, 0.717) is 34.1 Å². The van der Waals surface area contributed by atoms with Gasteiger partial charge in [0, 0.05) is 60.2 Å². The minimum atomic E-state index is -1.37. The van der Waals surface area contributed by atoms with Crippen molar-refractivity contribution >= 4 is 28.7 Å². The fraction of sp³-hybridized carbons (Fsp3) is 0.171. The fourth-order valence-corrected chi connectivity index (χ4v) is 6.11. The van der Waals surface area contributed by atoms with Crippen molar-refractivity contribution in [2.75, 3.05) is 30.0 Å². The minimum absolute atomic E-state index is 0.189. The van der Waals surface area contributed by atoms with Gasteiger partial charge in [-0.2, -0.15) is 0 Å². The molecule has 2 aliphatic rings. The standard InChI is InChI=1S/C35H30N4O4/c1-4-38(5-2)25-16-17-26-29(20-25)42-30-22-31(41-3)28(39(23-12-8-6-9-13-23)24-14-10-7-11-15-24)21-27(30)35(26)33-32(34(40)43-35)36-18-19-37-33/h6-22H,4-5H2,1-3H3. The first-order valence-corrected chi connectivity index (χ1v) is 14.3. The van der Waals surface area contributed by atoms with Crippen LogP contribution in [0, 0.1) is 0 Å². The average Bonchev–Trinajstić information content (AvgIpc) is 3.35. The summed E-state index contributed by atoms with van der Waals surface area (Å²) < 4.78 is 19.0. The van der Waals surface area contributed by atoms with Crippen LogP contribution in [0.3, 0.4) is 0 Å². The van der Waals surface area contributed by atoms with Crippen molar-refractivity contribution in [2.45, 2.75) is 19.4 Å². The summed E-state index contributed by atoms with van der Waals surface area (Å²) in [7, 11) is 1.64. The summed E-state index contributed by atoms with van der Waals surface area (Å²) in [5.41, 5.74) is 4.20. The molecule has 1 atom stereocenters. The predicted molar refractivity (Wildman–Crippen MR) is 165 cm³/mol. The Morgan fingerprint density at radius 2 is 1.42 bits per heavy atom. The molecule has 43 heavy (non-hydrogen) atoms. The molecule has 5 aromatic rings. The fourth-order valence-electron chi connectivity index (χ4n) is 6.11. The molecule has 0 N–H and O–H groups in total. The van der Waals surface area contributed by atoms with E-state index >= 15 is 0 Å². The van der Waals surface area contributed by atoms with Gasteiger partial charge in [-0.05, 0) is 56.3 Å². The Kier molecular flexibility index (Phi) is 6.46.